The molecule has 2 rings (SSSR count). The molecule has 2 N–H and O–H groups in total. The van der Waals surface area contributed by atoms with E-state index in [1.807, 2.05) is 17.5 Å². The molecule has 1 aliphatic carbocycles. The minimum Gasteiger partial charge on any atom is -0.383 e. The highest BCUT2D eigenvalue weighted by Crippen LogP contribution is 2.40. The van der Waals surface area contributed by atoms with Crippen molar-refractivity contribution in [3.05, 3.63) is 22.4 Å². The maximum atomic E-state index is 12.0. The summed E-state index contributed by atoms with van der Waals surface area (Å²) in [6.07, 6.45) is 2.16. The monoisotopic (exact) mass is 264 g/mol. The molecule has 18 heavy (non-hydrogen) atoms. The van der Waals surface area contributed by atoms with Crippen LogP contribution >= 0.6 is 11.3 Å². The zero-order valence-electron chi connectivity index (χ0n) is 10.3. The van der Waals surface area contributed by atoms with E-state index in [1.165, 1.54) is 11.3 Å². The van der Waals surface area contributed by atoms with Crippen LogP contribution in [-0.4, -0.2) is 17.6 Å². The van der Waals surface area contributed by atoms with Crippen LogP contribution in [0.25, 0.3) is 0 Å². The van der Waals surface area contributed by atoms with Gasteiger partial charge >= 0.3 is 0 Å². The third-order valence-electron chi connectivity index (χ3n) is 3.50. The number of aliphatic hydroxyl groups is 1. The van der Waals surface area contributed by atoms with Crippen LogP contribution in [0.5, 0.6) is 0 Å². The van der Waals surface area contributed by atoms with E-state index in [1.54, 1.807) is 6.92 Å². The molecule has 1 aromatic heterocycles. The smallest absolute Gasteiger partial charge is 0.240 e. The number of carbonyl (C=O) groups is 1. The van der Waals surface area contributed by atoms with E-state index in [9.17, 15) is 9.90 Å². The fraction of sp³-hybridized carbons (Fsp3) is 0.538. The Kier molecular flexibility index (Phi) is 3.42. The average Bonchev–Trinajstić information content (AvgIpc) is 2.80. The minimum atomic E-state index is -1.08. The third-order valence-corrected chi connectivity index (χ3v) is 4.62. The molecule has 5 heteroatoms. The molecule has 1 fully saturated rings. The number of nitriles is 1. The zero-order chi connectivity index (χ0) is 13.2. The van der Waals surface area contributed by atoms with Crippen LogP contribution in [0, 0.1) is 16.7 Å². The lowest BCUT2D eigenvalue weighted by molar-refractivity contribution is -0.132. The van der Waals surface area contributed by atoms with Crippen LogP contribution in [0.1, 0.15) is 31.1 Å². The molecule has 1 saturated carbocycles. The minimum absolute atomic E-state index is 0.135. The molecule has 1 unspecified atom stereocenters. The molecule has 0 saturated heterocycles. The van der Waals surface area contributed by atoms with Gasteiger partial charge in [0.15, 0.2) is 0 Å². The second kappa shape index (κ2) is 4.71. The van der Waals surface area contributed by atoms with Gasteiger partial charge < -0.3 is 10.4 Å². The summed E-state index contributed by atoms with van der Waals surface area (Å²) in [6.45, 7) is 1.80. The first-order valence-electron chi connectivity index (χ1n) is 5.96. The topological polar surface area (TPSA) is 73.1 Å². The first-order chi connectivity index (χ1) is 8.50. The van der Waals surface area contributed by atoms with Crippen molar-refractivity contribution in [2.24, 2.45) is 5.41 Å². The Balaban J connectivity index is 1.96. The fourth-order valence-corrected chi connectivity index (χ4v) is 2.80. The normalized spacial score (nSPS) is 20.3. The van der Waals surface area contributed by atoms with Crippen LogP contribution in [0.4, 0.5) is 0 Å². The Morgan fingerprint density at radius 3 is 2.89 bits per heavy atom. The molecule has 0 spiro atoms. The van der Waals surface area contributed by atoms with Crippen LogP contribution in [-0.2, 0) is 10.4 Å². The maximum Gasteiger partial charge on any atom is 0.240 e. The van der Waals surface area contributed by atoms with Crippen molar-refractivity contribution in [3.8, 4) is 6.07 Å². The molecule has 1 atom stereocenters. The first kappa shape index (κ1) is 13.1. The summed E-state index contributed by atoms with van der Waals surface area (Å²) >= 11 is 1.45. The van der Waals surface area contributed by atoms with Gasteiger partial charge in [0.2, 0.25) is 5.91 Å². The molecule has 96 valence electrons. The van der Waals surface area contributed by atoms with Crippen molar-refractivity contribution in [2.75, 3.05) is 6.54 Å². The first-order valence-corrected chi connectivity index (χ1v) is 6.84. The van der Waals surface area contributed by atoms with Crippen LogP contribution in [0.15, 0.2) is 17.5 Å². The van der Waals surface area contributed by atoms with Crippen molar-refractivity contribution in [2.45, 2.75) is 31.8 Å². The molecule has 1 heterocycles. The van der Waals surface area contributed by atoms with E-state index >= 15 is 0 Å². The highest BCUT2D eigenvalue weighted by atomic mass is 32.1. The van der Waals surface area contributed by atoms with Gasteiger partial charge in [0.05, 0.1) is 12.6 Å². The van der Waals surface area contributed by atoms with Gasteiger partial charge in [0.25, 0.3) is 0 Å². The van der Waals surface area contributed by atoms with Crippen molar-refractivity contribution in [3.63, 3.8) is 0 Å². The highest BCUT2D eigenvalue weighted by Gasteiger charge is 2.45. The summed E-state index contributed by atoms with van der Waals surface area (Å²) in [7, 11) is 0. The zero-order valence-corrected chi connectivity index (χ0v) is 11.1. The summed E-state index contributed by atoms with van der Waals surface area (Å²) in [6, 6.07) is 5.79. The third kappa shape index (κ3) is 2.26. The fourth-order valence-electron chi connectivity index (χ4n) is 2.01. The summed E-state index contributed by atoms with van der Waals surface area (Å²) in [4.78, 5) is 12.8. The number of hydrogen-bond donors (Lipinski definition) is 2. The van der Waals surface area contributed by atoms with Gasteiger partial charge in [-0.25, -0.2) is 0 Å². The van der Waals surface area contributed by atoms with E-state index in [0.717, 1.165) is 11.3 Å². The number of nitrogens with zero attached hydrogens (tertiary/aromatic N) is 1. The lowest BCUT2D eigenvalue weighted by Crippen LogP contribution is -2.48. The molecule has 1 amide bonds. The Bertz CT molecular complexity index is 470. The van der Waals surface area contributed by atoms with E-state index in [0.29, 0.717) is 12.8 Å². The summed E-state index contributed by atoms with van der Waals surface area (Å²) < 4.78 is 0. The second-order valence-electron chi connectivity index (χ2n) is 4.98. The molecule has 1 aliphatic rings. The second-order valence-corrected chi connectivity index (χ2v) is 5.93. The Morgan fingerprint density at radius 1 is 1.72 bits per heavy atom. The van der Waals surface area contributed by atoms with Crippen molar-refractivity contribution in [1.82, 2.24) is 5.32 Å². The molecule has 0 radical (unpaired) electrons. The Hall–Kier alpha value is -1.38. The lowest BCUT2D eigenvalue weighted by Gasteiger charge is -2.34. The predicted molar refractivity (Wildman–Crippen MR) is 68.8 cm³/mol. The van der Waals surface area contributed by atoms with Gasteiger partial charge in [-0.15, -0.1) is 11.3 Å². The molecule has 0 aromatic carbocycles. The van der Waals surface area contributed by atoms with Crippen molar-refractivity contribution in [1.29, 1.82) is 5.26 Å². The van der Waals surface area contributed by atoms with Gasteiger partial charge in [0.1, 0.15) is 11.0 Å². The van der Waals surface area contributed by atoms with E-state index < -0.39 is 11.0 Å². The molecule has 1 aromatic rings. The largest absolute Gasteiger partial charge is 0.383 e. The summed E-state index contributed by atoms with van der Waals surface area (Å²) in [5.41, 5.74) is -1.93. The van der Waals surface area contributed by atoms with Gasteiger partial charge in [-0.05, 0) is 37.6 Å². The van der Waals surface area contributed by atoms with E-state index in [2.05, 4.69) is 11.4 Å². The van der Waals surface area contributed by atoms with E-state index in [-0.39, 0.29) is 12.5 Å². The van der Waals surface area contributed by atoms with Gasteiger partial charge in [-0.1, -0.05) is 6.07 Å². The predicted octanol–water partition coefficient (Wildman–Crippen LogP) is 1.77. The molecule has 4 nitrogen and oxygen atoms in total. The molecule has 0 bridgehead atoms. The number of thiophene rings is 1. The van der Waals surface area contributed by atoms with Gasteiger partial charge in [0, 0.05) is 4.88 Å². The van der Waals surface area contributed by atoms with Crippen molar-refractivity contribution < 1.29 is 9.90 Å². The summed E-state index contributed by atoms with van der Waals surface area (Å²) in [5.74, 6) is -0.256. The number of nitrogens with one attached hydrogen (secondary N) is 1. The number of amides is 1. The van der Waals surface area contributed by atoms with Crippen LogP contribution in [0.3, 0.4) is 0 Å². The lowest BCUT2D eigenvalue weighted by atomic mass is 9.69. The summed E-state index contributed by atoms with van der Waals surface area (Å²) in [5, 5.41) is 23.9. The average molecular weight is 264 g/mol. The van der Waals surface area contributed by atoms with Crippen LogP contribution in [0.2, 0.25) is 0 Å². The quantitative estimate of drug-likeness (QED) is 0.870. The molecular weight excluding hydrogens is 248 g/mol. The Morgan fingerprint density at radius 2 is 2.44 bits per heavy atom. The highest BCUT2D eigenvalue weighted by molar-refractivity contribution is 7.10. The van der Waals surface area contributed by atoms with Gasteiger partial charge in [-0.2, -0.15) is 5.26 Å². The van der Waals surface area contributed by atoms with Crippen LogP contribution < -0.4 is 5.32 Å². The number of rotatable bonds is 4. The van der Waals surface area contributed by atoms with E-state index in [4.69, 9.17) is 5.26 Å². The molecular formula is C13H16N2O2S. The Labute approximate surface area is 110 Å². The maximum absolute atomic E-state index is 12.0. The standard InChI is InChI=1S/C13H16N2O2S/c1-12(17,10-4-2-7-18-10)9-15-11(16)13(8-14)5-3-6-13/h2,4,7,17H,3,5-6,9H2,1H3,(H,15,16). The van der Waals surface area contributed by atoms with Crippen molar-refractivity contribution >= 4 is 17.2 Å². The number of hydrogen-bond acceptors (Lipinski definition) is 4. The number of carbonyl (C=O) groups excluding carboxylic acids is 1. The van der Waals surface area contributed by atoms with Gasteiger partial charge in [-0.3, -0.25) is 4.79 Å². The molecule has 0 aliphatic heterocycles. The SMILES string of the molecule is CC(O)(CNC(=O)C1(C#N)CCC1)c1cccs1.